The predicted octanol–water partition coefficient (Wildman–Crippen LogP) is 10.7. The van der Waals surface area contributed by atoms with Crippen LogP contribution in [-0.2, 0) is 0 Å². The summed E-state index contributed by atoms with van der Waals surface area (Å²) < 4.78 is 0. The molecule has 1 aliphatic rings. The van der Waals surface area contributed by atoms with Gasteiger partial charge in [0.2, 0.25) is 0 Å². The van der Waals surface area contributed by atoms with Crippen LogP contribution in [0, 0.1) is 35.5 Å². The van der Waals surface area contributed by atoms with E-state index in [1.807, 2.05) is 0 Å². The van der Waals surface area contributed by atoms with Crippen molar-refractivity contribution in [2.45, 2.75) is 128 Å². The molecule has 0 spiro atoms. The predicted molar refractivity (Wildman–Crippen MR) is 144 cm³/mol. The van der Waals surface area contributed by atoms with E-state index in [1.54, 1.807) is 0 Å². The summed E-state index contributed by atoms with van der Waals surface area (Å²) in [6, 6.07) is 7.09. The van der Waals surface area contributed by atoms with E-state index in [9.17, 15) is 0 Å². The van der Waals surface area contributed by atoms with Crippen molar-refractivity contribution >= 4 is 0 Å². The van der Waals surface area contributed by atoms with Crippen molar-refractivity contribution in [3.8, 4) is 0 Å². The lowest BCUT2D eigenvalue weighted by Gasteiger charge is -2.40. The third kappa shape index (κ3) is 9.71. The fourth-order valence-electron chi connectivity index (χ4n) is 4.79. The zero-order chi connectivity index (χ0) is 23.2. The first-order valence-corrected chi connectivity index (χ1v) is 13.0. The third-order valence-electron chi connectivity index (χ3n) is 7.64. The van der Waals surface area contributed by atoms with Crippen LogP contribution in [-0.4, -0.2) is 0 Å². The van der Waals surface area contributed by atoms with Gasteiger partial charge in [-0.2, -0.15) is 0 Å². The van der Waals surface area contributed by atoms with Gasteiger partial charge in [0.1, 0.15) is 0 Å². The Kier molecular flexibility index (Phi) is 13.4. The van der Waals surface area contributed by atoms with Crippen LogP contribution in [0.1, 0.15) is 144 Å². The first kappa shape index (κ1) is 30.2. The average molecular weight is 431 g/mol. The molecule has 0 saturated heterocycles. The second kappa shape index (κ2) is 13.7. The number of hydrogen-bond acceptors (Lipinski definition) is 0. The molecule has 0 bridgehead atoms. The normalized spacial score (nSPS) is 21.7. The maximum absolute atomic E-state index is 2.41. The van der Waals surface area contributed by atoms with Gasteiger partial charge >= 0.3 is 0 Å². The Bertz CT molecular complexity index is 498. The van der Waals surface area contributed by atoms with E-state index in [4.69, 9.17) is 0 Å². The molecule has 0 N–H and O–H groups in total. The molecule has 31 heavy (non-hydrogen) atoms. The maximum Gasteiger partial charge on any atom is -0.0219 e. The van der Waals surface area contributed by atoms with Gasteiger partial charge in [-0.15, -0.1) is 0 Å². The Hall–Kier alpha value is -0.780. The summed E-state index contributed by atoms with van der Waals surface area (Å²) >= 11 is 0. The summed E-state index contributed by atoms with van der Waals surface area (Å²) in [5.41, 5.74) is 4.43. The van der Waals surface area contributed by atoms with Crippen molar-refractivity contribution in [3.05, 3.63) is 34.9 Å². The summed E-state index contributed by atoms with van der Waals surface area (Å²) in [5, 5.41) is 0. The van der Waals surface area contributed by atoms with Crippen molar-refractivity contribution < 1.29 is 0 Å². The molecule has 0 unspecified atom stereocenters. The van der Waals surface area contributed by atoms with Crippen molar-refractivity contribution in [1.29, 1.82) is 0 Å². The highest BCUT2D eigenvalue weighted by Crippen LogP contribution is 2.42. The summed E-state index contributed by atoms with van der Waals surface area (Å²) in [6.45, 7) is 28.0. The number of benzene rings is 1. The lowest BCUT2D eigenvalue weighted by atomic mass is 9.65. The Morgan fingerprint density at radius 2 is 0.645 bits per heavy atom. The first-order valence-electron chi connectivity index (χ1n) is 13.0. The molecule has 1 aromatic rings. The fraction of sp³-hybridized carbons (Fsp3) is 0.806. The van der Waals surface area contributed by atoms with Crippen LogP contribution in [0.5, 0.6) is 0 Å². The van der Waals surface area contributed by atoms with Gasteiger partial charge in [-0.3, -0.25) is 0 Å². The number of hydrogen-bond donors (Lipinski definition) is 0. The van der Waals surface area contributed by atoms with Crippen LogP contribution >= 0.6 is 0 Å². The summed E-state index contributed by atoms with van der Waals surface area (Å²) in [6.07, 6.45) is 4.45. The van der Waals surface area contributed by atoms with Gasteiger partial charge in [-0.1, -0.05) is 109 Å². The molecule has 0 radical (unpaired) electrons. The Labute approximate surface area is 198 Å². The standard InChI is InChI=1S/C15H30.C15H24.CH4/c2*1-10(2)13-7-14(11(3)4)9-15(8-13)12(5)6;/h10-15H,7-9H2,1-6H3;7-12H,1-6H3;1H4. The number of rotatable bonds is 6. The van der Waals surface area contributed by atoms with E-state index < -0.39 is 0 Å². The van der Waals surface area contributed by atoms with E-state index in [-0.39, 0.29) is 7.43 Å². The Balaban J connectivity index is 0.000000562. The van der Waals surface area contributed by atoms with E-state index in [0.29, 0.717) is 17.8 Å². The van der Waals surface area contributed by atoms with Crippen LogP contribution in [0.2, 0.25) is 0 Å². The van der Waals surface area contributed by atoms with Crippen LogP contribution < -0.4 is 0 Å². The first-order chi connectivity index (χ1) is 13.8. The molecule has 182 valence electrons. The highest BCUT2D eigenvalue weighted by Gasteiger charge is 2.32. The topological polar surface area (TPSA) is 0 Å². The molecule has 0 amide bonds. The second-order valence-electron chi connectivity index (χ2n) is 12.1. The van der Waals surface area contributed by atoms with E-state index in [1.165, 1.54) is 36.0 Å². The maximum atomic E-state index is 2.41. The molecular formula is C31H58. The van der Waals surface area contributed by atoms with E-state index in [2.05, 4.69) is 101 Å². The van der Waals surface area contributed by atoms with Crippen molar-refractivity contribution in [2.24, 2.45) is 35.5 Å². The SMILES string of the molecule is C.CC(C)C1CC(C(C)C)CC(C(C)C)C1.CC(C)c1cc(C(C)C)cc(C(C)C)c1. The largest absolute Gasteiger partial charge is 0.0776 e. The van der Waals surface area contributed by atoms with Crippen LogP contribution in [0.3, 0.4) is 0 Å². The summed E-state index contributed by atoms with van der Waals surface area (Å²) in [5.74, 6) is 7.48. The quantitative estimate of drug-likeness (QED) is 0.421. The molecule has 0 aromatic heterocycles. The molecular weight excluding hydrogens is 372 g/mol. The minimum atomic E-state index is 0. The zero-order valence-electron chi connectivity index (χ0n) is 22.5. The minimum absolute atomic E-state index is 0. The fourth-order valence-corrected chi connectivity index (χ4v) is 4.79. The molecule has 2 rings (SSSR count). The van der Waals surface area contributed by atoms with Crippen LogP contribution in [0.4, 0.5) is 0 Å². The summed E-state index contributed by atoms with van der Waals surface area (Å²) in [4.78, 5) is 0. The second-order valence-corrected chi connectivity index (χ2v) is 12.1. The minimum Gasteiger partial charge on any atom is -0.0776 e. The monoisotopic (exact) mass is 430 g/mol. The van der Waals surface area contributed by atoms with E-state index >= 15 is 0 Å². The molecule has 1 saturated carbocycles. The molecule has 1 fully saturated rings. The van der Waals surface area contributed by atoms with Crippen molar-refractivity contribution in [1.82, 2.24) is 0 Å². The van der Waals surface area contributed by atoms with Crippen LogP contribution in [0.25, 0.3) is 0 Å². The molecule has 0 heterocycles. The Morgan fingerprint density at radius 3 is 0.774 bits per heavy atom. The average Bonchev–Trinajstić information content (AvgIpc) is 2.67. The van der Waals surface area contributed by atoms with Gasteiger partial charge < -0.3 is 0 Å². The smallest absolute Gasteiger partial charge is 0.0219 e. The lowest BCUT2D eigenvalue weighted by Crippen LogP contribution is -2.30. The molecule has 1 aromatic carbocycles. The molecule has 0 nitrogen and oxygen atoms in total. The van der Waals surface area contributed by atoms with Crippen molar-refractivity contribution in [3.63, 3.8) is 0 Å². The molecule has 0 atom stereocenters. The summed E-state index contributed by atoms with van der Waals surface area (Å²) in [7, 11) is 0. The highest BCUT2D eigenvalue weighted by molar-refractivity contribution is 5.35. The van der Waals surface area contributed by atoms with Gasteiger partial charge in [0.15, 0.2) is 0 Å². The van der Waals surface area contributed by atoms with Gasteiger partial charge in [0.25, 0.3) is 0 Å². The zero-order valence-corrected chi connectivity index (χ0v) is 22.5. The lowest BCUT2D eigenvalue weighted by molar-refractivity contribution is 0.102. The van der Waals surface area contributed by atoms with Crippen molar-refractivity contribution in [2.75, 3.05) is 0 Å². The van der Waals surface area contributed by atoms with E-state index in [0.717, 1.165) is 35.5 Å². The highest BCUT2D eigenvalue weighted by atomic mass is 14.4. The van der Waals surface area contributed by atoms with Gasteiger partial charge in [0, 0.05) is 0 Å². The third-order valence-corrected chi connectivity index (χ3v) is 7.64. The van der Waals surface area contributed by atoms with Gasteiger partial charge in [-0.25, -0.2) is 0 Å². The van der Waals surface area contributed by atoms with Gasteiger partial charge in [0.05, 0.1) is 0 Å². The molecule has 0 aliphatic heterocycles. The molecule has 1 aliphatic carbocycles. The van der Waals surface area contributed by atoms with Crippen LogP contribution in [0.15, 0.2) is 18.2 Å². The molecule has 0 heteroatoms. The Morgan fingerprint density at radius 1 is 0.452 bits per heavy atom. The van der Waals surface area contributed by atoms with Gasteiger partial charge in [-0.05, 0) is 89.2 Å².